The van der Waals surface area contributed by atoms with Gasteiger partial charge < -0.3 is 5.11 Å². The van der Waals surface area contributed by atoms with Gasteiger partial charge in [-0.15, -0.1) is 0 Å². The van der Waals surface area contributed by atoms with Crippen LogP contribution in [0.25, 0.3) is 0 Å². The number of hydrogen-bond acceptors (Lipinski definition) is 5. The molecule has 0 spiro atoms. The molecule has 1 saturated heterocycles. The third-order valence-electron chi connectivity index (χ3n) is 3.72. The van der Waals surface area contributed by atoms with Crippen LogP contribution in [0.1, 0.15) is 12.0 Å². The Hall–Kier alpha value is -0.960. The summed E-state index contributed by atoms with van der Waals surface area (Å²) in [6.07, 6.45) is 0.803. The zero-order valence-electron chi connectivity index (χ0n) is 11.8. The Balaban J connectivity index is 2.21. The molecular weight excluding hydrogens is 314 g/mol. The number of hydrogen-bond donors (Lipinski definition) is 1. The largest absolute Gasteiger partial charge is 0.396 e. The highest BCUT2D eigenvalue weighted by atomic mass is 32.2. The summed E-state index contributed by atoms with van der Waals surface area (Å²) in [7, 11) is -5.41. The summed E-state index contributed by atoms with van der Waals surface area (Å²) < 4.78 is 49.1. The molecule has 21 heavy (non-hydrogen) atoms. The van der Waals surface area contributed by atoms with Crippen molar-refractivity contribution in [3.05, 3.63) is 29.8 Å². The molecule has 1 aliphatic rings. The van der Waals surface area contributed by atoms with Crippen LogP contribution in [-0.2, 0) is 26.3 Å². The van der Waals surface area contributed by atoms with E-state index in [9.17, 15) is 16.8 Å². The minimum atomic E-state index is -3.70. The minimum Gasteiger partial charge on any atom is -0.396 e. The van der Waals surface area contributed by atoms with Crippen molar-refractivity contribution in [2.24, 2.45) is 0 Å². The van der Waals surface area contributed by atoms with Gasteiger partial charge in [0.25, 0.3) is 0 Å². The van der Waals surface area contributed by atoms with Crippen molar-refractivity contribution in [3.8, 4) is 0 Å². The fourth-order valence-electron chi connectivity index (χ4n) is 2.38. The molecule has 1 fully saturated rings. The first-order valence-electron chi connectivity index (χ1n) is 6.64. The maximum absolute atomic E-state index is 12.5. The van der Waals surface area contributed by atoms with Gasteiger partial charge in [0.1, 0.15) is 0 Å². The molecule has 1 aliphatic heterocycles. The topological polar surface area (TPSA) is 91.8 Å². The number of benzene rings is 1. The molecule has 1 N–H and O–H groups in total. The number of nitrogens with zero attached hydrogens (tertiary/aromatic N) is 1. The van der Waals surface area contributed by atoms with E-state index in [2.05, 4.69) is 0 Å². The smallest absolute Gasteiger partial charge is 0.243 e. The van der Waals surface area contributed by atoms with Crippen LogP contribution in [0.4, 0.5) is 0 Å². The van der Waals surface area contributed by atoms with Crippen molar-refractivity contribution in [1.82, 2.24) is 4.31 Å². The summed E-state index contributed by atoms with van der Waals surface area (Å²) in [4.78, 5) is 0.135. The predicted octanol–water partition coefficient (Wildman–Crippen LogP) is 0.0290. The van der Waals surface area contributed by atoms with Gasteiger partial charge in [-0.3, -0.25) is 0 Å². The molecular formula is C13H19NO5S2. The van der Waals surface area contributed by atoms with Gasteiger partial charge in [-0.25, -0.2) is 16.8 Å². The summed E-state index contributed by atoms with van der Waals surface area (Å²) in [5.41, 5.74) is 0.850. The fourth-order valence-corrected chi connectivity index (χ4v) is 5.64. The van der Waals surface area contributed by atoms with Gasteiger partial charge in [0.2, 0.25) is 10.0 Å². The second-order valence-corrected chi connectivity index (χ2v) is 9.42. The van der Waals surface area contributed by atoms with Crippen LogP contribution in [0, 0.1) is 0 Å². The van der Waals surface area contributed by atoms with E-state index in [4.69, 9.17) is 5.11 Å². The number of aliphatic hydroxyl groups excluding tert-OH is 1. The molecule has 1 heterocycles. The van der Waals surface area contributed by atoms with E-state index < -0.39 is 25.9 Å². The lowest BCUT2D eigenvalue weighted by molar-refractivity contribution is 0.299. The molecule has 0 saturated carbocycles. The van der Waals surface area contributed by atoms with E-state index in [1.54, 1.807) is 12.1 Å². The van der Waals surface area contributed by atoms with Crippen molar-refractivity contribution in [3.63, 3.8) is 0 Å². The van der Waals surface area contributed by atoms with Crippen molar-refractivity contribution in [1.29, 1.82) is 0 Å². The molecule has 0 aromatic heterocycles. The standard InChI is InChI=1S/C13H19NO5S2/c1-14(12-7-9-20(16,17)10-12)21(18,19)13-4-2-11(3-5-13)6-8-15/h2-5,12,15H,6-10H2,1H3. The molecule has 2 rings (SSSR count). The van der Waals surface area contributed by atoms with E-state index >= 15 is 0 Å². The summed E-state index contributed by atoms with van der Waals surface area (Å²) in [6, 6.07) is 5.78. The zero-order valence-corrected chi connectivity index (χ0v) is 13.4. The Kier molecular flexibility index (Phi) is 4.72. The molecule has 1 aromatic rings. The average molecular weight is 333 g/mol. The summed E-state index contributed by atoms with van der Waals surface area (Å²) in [5, 5.41) is 8.85. The Labute approximate surface area is 125 Å². The van der Waals surface area contributed by atoms with Crippen LogP contribution in [0.3, 0.4) is 0 Å². The Morgan fingerprint density at radius 1 is 1.29 bits per heavy atom. The van der Waals surface area contributed by atoms with Gasteiger partial charge >= 0.3 is 0 Å². The fraction of sp³-hybridized carbons (Fsp3) is 0.538. The average Bonchev–Trinajstić information content (AvgIpc) is 2.79. The highest BCUT2D eigenvalue weighted by Gasteiger charge is 2.36. The van der Waals surface area contributed by atoms with E-state index in [1.807, 2.05) is 0 Å². The van der Waals surface area contributed by atoms with Crippen LogP contribution in [0.5, 0.6) is 0 Å². The van der Waals surface area contributed by atoms with Crippen LogP contribution >= 0.6 is 0 Å². The van der Waals surface area contributed by atoms with Gasteiger partial charge in [-0.2, -0.15) is 4.31 Å². The second-order valence-electron chi connectivity index (χ2n) is 5.20. The molecule has 0 amide bonds. The van der Waals surface area contributed by atoms with Gasteiger partial charge in [-0.1, -0.05) is 12.1 Å². The summed E-state index contributed by atoms with van der Waals surface area (Å²) >= 11 is 0. The number of aliphatic hydroxyl groups is 1. The highest BCUT2D eigenvalue weighted by Crippen LogP contribution is 2.23. The van der Waals surface area contributed by atoms with Gasteiger partial charge in [-0.05, 0) is 30.5 Å². The summed E-state index contributed by atoms with van der Waals surface area (Å²) in [5.74, 6) is -0.0850. The van der Waals surface area contributed by atoms with E-state index in [0.717, 1.165) is 9.87 Å². The van der Waals surface area contributed by atoms with Crippen molar-refractivity contribution < 1.29 is 21.9 Å². The Bertz CT molecular complexity index is 695. The predicted molar refractivity (Wildman–Crippen MR) is 79.2 cm³/mol. The van der Waals surface area contributed by atoms with Crippen molar-refractivity contribution in [2.45, 2.75) is 23.8 Å². The van der Waals surface area contributed by atoms with E-state index in [0.29, 0.717) is 12.8 Å². The Morgan fingerprint density at radius 3 is 2.38 bits per heavy atom. The summed E-state index contributed by atoms with van der Waals surface area (Å²) in [6.45, 7) is 0.00589. The molecule has 6 nitrogen and oxygen atoms in total. The third-order valence-corrected chi connectivity index (χ3v) is 7.40. The SMILES string of the molecule is CN(C1CCS(=O)(=O)C1)S(=O)(=O)c1ccc(CCO)cc1. The quantitative estimate of drug-likeness (QED) is 0.821. The van der Waals surface area contributed by atoms with Gasteiger partial charge in [0, 0.05) is 19.7 Å². The lowest BCUT2D eigenvalue weighted by Gasteiger charge is -2.22. The Morgan fingerprint density at radius 2 is 1.90 bits per heavy atom. The molecule has 0 bridgehead atoms. The first-order chi connectivity index (χ1) is 9.76. The molecule has 118 valence electrons. The number of sulfone groups is 1. The molecule has 1 atom stereocenters. The molecule has 0 aliphatic carbocycles. The van der Waals surface area contributed by atoms with Crippen LogP contribution in [-0.4, -0.2) is 57.4 Å². The third kappa shape index (κ3) is 3.63. The van der Waals surface area contributed by atoms with Gasteiger partial charge in [0.15, 0.2) is 9.84 Å². The molecule has 1 unspecified atom stereocenters. The first kappa shape index (κ1) is 16.4. The lowest BCUT2D eigenvalue weighted by Crippen LogP contribution is -2.37. The number of sulfonamides is 1. The maximum Gasteiger partial charge on any atom is 0.243 e. The molecule has 0 radical (unpaired) electrons. The molecule has 1 aromatic carbocycles. The normalized spacial score (nSPS) is 21.8. The van der Waals surface area contributed by atoms with E-state index in [-0.39, 0.29) is 23.0 Å². The monoisotopic (exact) mass is 333 g/mol. The van der Waals surface area contributed by atoms with Crippen molar-refractivity contribution >= 4 is 19.9 Å². The zero-order chi connectivity index (χ0) is 15.7. The minimum absolute atomic E-state index is 0.00589. The maximum atomic E-state index is 12.5. The highest BCUT2D eigenvalue weighted by molar-refractivity contribution is 7.92. The van der Waals surface area contributed by atoms with Crippen LogP contribution in [0.2, 0.25) is 0 Å². The first-order valence-corrected chi connectivity index (χ1v) is 9.91. The lowest BCUT2D eigenvalue weighted by atomic mass is 10.2. The number of rotatable bonds is 5. The van der Waals surface area contributed by atoms with Crippen LogP contribution in [0.15, 0.2) is 29.2 Å². The molecule has 8 heteroatoms. The van der Waals surface area contributed by atoms with Gasteiger partial charge in [0.05, 0.1) is 16.4 Å². The second kappa shape index (κ2) is 6.04. The van der Waals surface area contributed by atoms with Crippen molar-refractivity contribution in [2.75, 3.05) is 25.2 Å². The van der Waals surface area contributed by atoms with Crippen LogP contribution < -0.4 is 0 Å². The van der Waals surface area contributed by atoms with E-state index in [1.165, 1.54) is 19.2 Å².